The summed E-state index contributed by atoms with van der Waals surface area (Å²) in [6.45, 7) is 0. The lowest BCUT2D eigenvalue weighted by molar-refractivity contribution is 0.103. The van der Waals surface area contributed by atoms with Gasteiger partial charge >= 0.3 is 0 Å². The maximum Gasteiger partial charge on any atom is 0.195 e. The summed E-state index contributed by atoms with van der Waals surface area (Å²) in [6, 6.07) is 8.83. The fourth-order valence-electron chi connectivity index (χ4n) is 1.50. The third-order valence-electron chi connectivity index (χ3n) is 2.37. The highest BCUT2D eigenvalue weighted by molar-refractivity contribution is 9.10. The lowest BCUT2D eigenvalue weighted by Crippen LogP contribution is -2.04. The predicted molar refractivity (Wildman–Crippen MR) is 74.0 cm³/mol. The zero-order valence-electron chi connectivity index (χ0n) is 8.88. The molecule has 2 rings (SSSR count). The Balaban J connectivity index is 2.55. The molecule has 0 fully saturated rings. The number of hydrogen-bond acceptors (Lipinski definition) is 1. The fraction of sp³-hybridized carbons (Fsp3) is 0. The lowest BCUT2D eigenvalue weighted by Gasteiger charge is -2.06. The Labute approximate surface area is 122 Å². The van der Waals surface area contributed by atoms with Gasteiger partial charge in [-0.3, -0.25) is 4.79 Å². The van der Waals surface area contributed by atoms with E-state index in [1.165, 1.54) is 30.3 Å². The van der Waals surface area contributed by atoms with Gasteiger partial charge in [-0.15, -0.1) is 0 Å². The molecule has 0 N–H and O–H groups in total. The van der Waals surface area contributed by atoms with Gasteiger partial charge in [0, 0.05) is 16.1 Å². The highest BCUT2D eigenvalue weighted by Gasteiger charge is 2.17. The number of carbonyl (C=O) groups is 1. The average molecular weight is 348 g/mol. The number of ketones is 1. The first-order chi connectivity index (χ1) is 8.50. The topological polar surface area (TPSA) is 17.1 Å². The maximum absolute atomic E-state index is 13.4. The van der Waals surface area contributed by atoms with Crippen LogP contribution >= 0.6 is 39.1 Å². The van der Waals surface area contributed by atoms with Gasteiger partial charge in [-0.2, -0.15) is 0 Å². The summed E-state index contributed by atoms with van der Waals surface area (Å²) < 4.78 is 13.5. The molecule has 0 heterocycles. The van der Waals surface area contributed by atoms with E-state index in [4.69, 9.17) is 23.2 Å². The van der Waals surface area contributed by atoms with Crippen LogP contribution in [0.25, 0.3) is 0 Å². The van der Waals surface area contributed by atoms with Gasteiger partial charge in [0.05, 0.1) is 9.50 Å². The Morgan fingerprint density at radius 2 is 1.83 bits per heavy atom. The first-order valence-electron chi connectivity index (χ1n) is 4.94. The van der Waals surface area contributed by atoms with E-state index in [2.05, 4.69) is 15.9 Å². The SMILES string of the molecule is O=C(c1cc(Cl)ccc1Cl)c1cccc(F)c1Br. The molecular weight excluding hydrogens is 342 g/mol. The zero-order chi connectivity index (χ0) is 13.3. The summed E-state index contributed by atoms with van der Waals surface area (Å²) in [5, 5.41) is 0.677. The molecule has 5 heteroatoms. The molecule has 0 radical (unpaired) electrons. The molecule has 0 amide bonds. The maximum atomic E-state index is 13.4. The Morgan fingerprint density at radius 3 is 2.56 bits per heavy atom. The van der Waals surface area contributed by atoms with Crippen molar-refractivity contribution in [3.63, 3.8) is 0 Å². The molecule has 1 nitrogen and oxygen atoms in total. The molecule has 0 bridgehead atoms. The van der Waals surface area contributed by atoms with Crippen LogP contribution in [0.3, 0.4) is 0 Å². The molecule has 0 aliphatic heterocycles. The molecule has 0 aromatic heterocycles. The number of benzene rings is 2. The number of carbonyl (C=O) groups excluding carboxylic acids is 1. The molecule has 0 aliphatic rings. The predicted octanol–water partition coefficient (Wildman–Crippen LogP) is 5.13. The van der Waals surface area contributed by atoms with Crippen LogP contribution < -0.4 is 0 Å². The third kappa shape index (κ3) is 2.58. The Morgan fingerprint density at radius 1 is 1.11 bits per heavy atom. The Bertz CT molecular complexity index is 624. The highest BCUT2D eigenvalue weighted by atomic mass is 79.9. The summed E-state index contributed by atoms with van der Waals surface area (Å²) >= 11 is 14.8. The highest BCUT2D eigenvalue weighted by Crippen LogP contribution is 2.27. The third-order valence-corrected chi connectivity index (χ3v) is 3.74. The van der Waals surface area contributed by atoms with E-state index in [1.807, 2.05) is 0 Å². The fourth-order valence-corrected chi connectivity index (χ4v) is 2.32. The van der Waals surface area contributed by atoms with E-state index < -0.39 is 5.82 Å². The lowest BCUT2D eigenvalue weighted by atomic mass is 10.0. The van der Waals surface area contributed by atoms with Crippen molar-refractivity contribution in [3.05, 3.63) is 67.9 Å². The molecule has 0 aliphatic carbocycles. The second-order valence-corrected chi connectivity index (χ2v) is 5.19. The van der Waals surface area contributed by atoms with Gasteiger partial charge in [-0.25, -0.2) is 4.39 Å². The van der Waals surface area contributed by atoms with Crippen LogP contribution in [0.4, 0.5) is 4.39 Å². The molecule has 0 saturated carbocycles. The summed E-state index contributed by atoms with van der Waals surface area (Å²) in [5.41, 5.74) is 0.453. The van der Waals surface area contributed by atoms with Crippen LogP contribution in [0.1, 0.15) is 15.9 Å². The van der Waals surface area contributed by atoms with Gasteiger partial charge in [0.25, 0.3) is 0 Å². The summed E-state index contributed by atoms with van der Waals surface area (Å²) in [4.78, 5) is 12.3. The minimum Gasteiger partial charge on any atom is -0.289 e. The van der Waals surface area contributed by atoms with Crippen molar-refractivity contribution in [2.75, 3.05) is 0 Å². The zero-order valence-corrected chi connectivity index (χ0v) is 12.0. The van der Waals surface area contributed by atoms with Crippen molar-refractivity contribution in [3.8, 4) is 0 Å². The molecule has 2 aromatic rings. The van der Waals surface area contributed by atoms with Crippen LogP contribution in [0.15, 0.2) is 40.9 Å². The number of hydrogen-bond donors (Lipinski definition) is 0. The van der Waals surface area contributed by atoms with E-state index in [0.29, 0.717) is 5.02 Å². The smallest absolute Gasteiger partial charge is 0.195 e. The molecule has 18 heavy (non-hydrogen) atoms. The van der Waals surface area contributed by atoms with Crippen molar-refractivity contribution < 1.29 is 9.18 Å². The van der Waals surface area contributed by atoms with Gasteiger partial charge in [0.1, 0.15) is 5.82 Å². The molecule has 0 saturated heterocycles. The van der Waals surface area contributed by atoms with Crippen molar-refractivity contribution in [2.24, 2.45) is 0 Å². The Kier molecular flexibility index (Phi) is 4.05. The summed E-state index contributed by atoms with van der Waals surface area (Å²) in [6.07, 6.45) is 0. The van der Waals surface area contributed by atoms with Gasteiger partial charge in [0.2, 0.25) is 0 Å². The van der Waals surface area contributed by atoms with E-state index in [1.54, 1.807) is 6.07 Å². The second-order valence-electron chi connectivity index (χ2n) is 3.55. The van der Waals surface area contributed by atoms with Crippen LogP contribution in [0, 0.1) is 5.82 Å². The van der Waals surface area contributed by atoms with Crippen LogP contribution in [0.5, 0.6) is 0 Å². The minimum atomic E-state index is -0.501. The first-order valence-corrected chi connectivity index (χ1v) is 6.49. The Hall–Kier alpha value is -0.900. The number of rotatable bonds is 2. The molecule has 0 spiro atoms. The first kappa shape index (κ1) is 13.5. The van der Waals surface area contributed by atoms with E-state index in [-0.39, 0.29) is 26.4 Å². The van der Waals surface area contributed by atoms with Gasteiger partial charge in [-0.1, -0.05) is 29.3 Å². The normalized spacial score (nSPS) is 10.4. The van der Waals surface area contributed by atoms with Crippen LogP contribution in [-0.4, -0.2) is 5.78 Å². The largest absolute Gasteiger partial charge is 0.289 e. The monoisotopic (exact) mass is 346 g/mol. The average Bonchev–Trinajstić information content (AvgIpc) is 2.35. The quantitative estimate of drug-likeness (QED) is 0.688. The van der Waals surface area contributed by atoms with Crippen molar-refractivity contribution in [2.45, 2.75) is 0 Å². The van der Waals surface area contributed by atoms with E-state index in [0.717, 1.165) is 0 Å². The second kappa shape index (κ2) is 5.39. The van der Waals surface area contributed by atoms with Crippen molar-refractivity contribution in [1.29, 1.82) is 0 Å². The standard InChI is InChI=1S/C13H6BrCl2FO/c14-12-8(2-1-3-11(12)17)13(18)9-6-7(15)4-5-10(9)16/h1-6H. The summed E-state index contributed by atoms with van der Waals surface area (Å²) in [7, 11) is 0. The number of halogens is 4. The van der Waals surface area contributed by atoms with Crippen LogP contribution in [-0.2, 0) is 0 Å². The van der Waals surface area contributed by atoms with Crippen molar-refractivity contribution in [1.82, 2.24) is 0 Å². The molecule has 0 unspecified atom stereocenters. The van der Waals surface area contributed by atoms with E-state index in [9.17, 15) is 9.18 Å². The van der Waals surface area contributed by atoms with E-state index >= 15 is 0 Å². The molecule has 0 atom stereocenters. The molecular formula is C13H6BrCl2FO. The van der Waals surface area contributed by atoms with Gasteiger partial charge < -0.3 is 0 Å². The van der Waals surface area contributed by atoms with Crippen molar-refractivity contribution >= 4 is 44.9 Å². The summed E-state index contributed by atoms with van der Waals surface area (Å²) in [5.74, 6) is -0.882. The van der Waals surface area contributed by atoms with Gasteiger partial charge in [0.15, 0.2) is 5.78 Å². The molecule has 2 aromatic carbocycles. The van der Waals surface area contributed by atoms with Gasteiger partial charge in [-0.05, 0) is 46.3 Å². The minimum absolute atomic E-state index is 0.117. The molecule has 92 valence electrons. The van der Waals surface area contributed by atoms with Crippen LogP contribution in [0.2, 0.25) is 10.0 Å².